The van der Waals surface area contributed by atoms with Crippen molar-refractivity contribution in [2.75, 3.05) is 7.05 Å². The lowest BCUT2D eigenvalue weighted by Crippen LogP contribution is -2.42. The van der Waals surface area contributed by atoms with E-state index in [1.807, 2.05) is 23.6 Å². The van der Waals surface area contributed by atoms with Crippen LogP contribution in [0.15, 0.2) is 53.7 Å². The van der Waals surface area contributed by atoms with E-state index < -0.39 is 0 Å². The van der Waals surface area contributed by atoms with E-state index in [1.54, 1.807) is 7.05 Å². The van der Waals surface area contributed by atoms with E-state index in [-0.39, 0.29) is 24.0 Å². The molecule has 0 aliphatic heterocycles. The maximum absolute atomic E-state index is 4.51. The maximum atomic E-state index is 4.51. The molecule has 0 saturated carbocycles. The monoisotopic (exact) mass is 480 g/mol. The van der Waals surface area contributed by atoms with E-state index in [1.165, 1.54) is 15.3 Å². The molecule has 138 valence electrons. The van der Waals surface area contributed by atoms with E-state index in [9.17, 15) is 0 Å². The molecule has 3 rings (SSSR count). The van der Waals surface area contributed by atoms with Crippen LogP contribution in [-0.4, -0.2) is 24.0 Å². The van der Waals surface area contributed by atoms with Crippen LogP contribution in [0.3, 0.4) is 0 Å². The minimum absolute atomic E-state index is 0. The van der Waals surface area contributed by atoms with Crippen molar-refractivity contribution >= 4 is 52.2 Å². The Hall–Kier alpha value is -1.67. The summed E-state index contributed by atoms with van der Waals surface area (Å²) in [6, 6.07) is 15.0. The van der Waals surface area contributed by atoms with Crippen molar-refractivity contribution in [3.8, 4) is 0 Å². The molecule has 2 heterocycles. The number of aliphatic imine (C=N–C) groups is 1. The number of nitrogens with zero attached hydrogens (tertiary/aromatic N) is 2. The first-order chi connectivity index (χ1) is 12.2. The van der Waals surface area contributed by atoms with Crippen molar-refractivity contribution in [2.24, 2.45) is 4.99 Å². The zero-order valence-corrected chi connectivity index (χ0v) is 18.5. The van der Waals surface area contributed by atoms with Gasteiger partial charge in [-0.25, -0.2) is 0 Å². The van der Waals surface area contributed by atoms with Crippen molar-refractivity contribution in [1.29, 1.82) is 0 Å². The molecule has 4 nitrogen and oxygen atoms in total. The van der Waals surface area contributed by atoms with Crippen molar-refractivity contribution in [1.82, 2.24) is 15.6 Å². The summed E-state index contributed by atoms with van der Waals surface area (Å²) in [5.74, 6) is 0.814. The number of rotatable bonds is 5. The molecule has 0 saturated heterocycles. The van der Waals surface area contributed by atoms with Gasteiger partial charge in [0.2, 0.25) is 0 Å². The molecule has 0 bridgehead atoms. The molecule has 1 atom stereocenters. The zero-order valence-electron chi connectivity index (χ0n) is 15.3. The first-order valence-corrected chi connectivity index (χ1v) is 9.32. The predicted octanol–water partition coefficient (Wildman–Crippen LogP) is 4.52. The minimum atomic E-state index is 0. The van der Waals surface area contributed by atoms with Gasteiger partial charge in [0.05, 0.1) is 5.52 Å². The lowest BCUT2D eigenvalue weighted by Gasteiger charge is -2.18. The van der Waals surface area contributed by atoms with Crippen molar-refractivity contribution in [3.05, 3.63) is 64.0 Å². The number of para-hydroxylation sites is 1. The number of nitrogens with one attached hydrogen (secondary N) is 2. The third kappa shape index (κ3) is 5.41. The topological polar surface area (TPSA) is 49.3 Å². The van der Waals surface area contributed by atoms with Crippen LogP contribution in [0.2, 0.25) is 0 Å². The van der Waals surface area contributed by atoms with Crippen LogP contribution in [0.4, 0.5) is 0 Å². The molecule has 26 heavy (non-hydrogen) atoms. The number of thiophene rings is 1. The Bertz CT molecular complexity index is 870. The summed E-state index contributed by atoms with van der Waals surface area (Å²) in [7, 11) is 1.80. The number of pyridine rings is 1. The summed E-state index contributed by atoms with van der Waals surface area (Å²) >= 11 is 1.85. The smallest absolute Gasteiger partial charge is 0.191 e. The normalized spacial score (nSPS) is 12.5. The number of hydrogen-bond acceptors (Lipinski definition) is 3. The Morgan fingerprint density at radius 3 is 2.73 bits per heavy atom. The van der Waals surface area contributed by atoms with Gasteiger partial charge in [-0.05, 0) is 37.6 Å². The number of aryl methyl sites for hydroxylation is 1. The van der Waals surface area contributed by atoms with Crippen LogP contribution in [-0.2, 0) is 13.0 Å². The second-order valence-electron chi connectivity index (χ2n) is 6.18. The van der Waals surface area contributed by atoms with Crippen LogP contribution in [0.5, 0.6) is 0 Å². The number of benzene rings is 1. The first kappa shape index (κ1) is 20.6. The van der Waals surface area contributed by atoms with Crippen molar-refractivity contribution < 1.29 is 0 Å². The van der Waals surface area contributed by atoms with Gasteiger partial charge in [0.25, 0.3) is 0 Å². The quantitative estimate of drug-likeness (QED) is 0.321. The highest BCUT2D eigenvalue weighted by atomic mass is 127. The molecule has 0 fully saturated rings. The average Bonchev–Trinajstić information content (AvgIpc) is 3.03. The van der Waals surface area contributed by atoms with Crippen molar-refractivity contribution in [3.63, 3.8) is 0 Å². The van der Waals surface area contributed by atoms with Crippen LogP contribution in [0, 0.1) is 6.92 Å². The molecule has 0 spiro atoms. The maximum Gasteiger partial charge on any atom is 0.191 e. The molecular formula is C20H25IN4S. The van der Waals surface area contributed by atoms with Crippen LogP contribution < -0.4 is 10.6 Å². The van der Waals surface area contributed by atoms with E-state index in [0.717, 1.165) is 23.3 Å². The van der Waals surface area contributed by atoms with Gasteiger partial charge in [-0.1, -0.05) is 24.3 Å². The molecule has 6 heteroatoms. The fraction of sp³-hybridized carbons (Fsp3) is 0.300. The molecule has 2 N–H and O–H groups in total. The van der Waals surface area contributed by atoms with Crippen LogP contribution in [0.1, 0.15) is 22.2 Å². The summed E-state index contributed by atoms with van der Waals surface area (Å²) in [4.78, 5) is 11.6. The van der Waals surface area contributed by atoms with Gasteiger partial charge in [-0.3, -0.25) is 9.98 Å². The average molecular weight is 480 g/mol. The fourth-order valence-electron chi connectivity index (χ4n) is 2.86. The highest BCUT2D eigenvalue weighted by molar-refractivity contribution is 14.0. The summed E-state index contributed by atoms with van der Waals surface area (Å²) < 4.78 is 0. The number of fused-ring (bicyclic) bond motifs is 1. The van der Waals surface area contributed by atoms with E-state index in [0.29, 0.717) is 12.6 Å². The Morgan fingerprint density at radius 2 is 2.00 bits per heavy atom. The summed E-state index contributed by atoms with van der Waals surface area (Å²) in [6.45, 7) is 5.02. The third-order valence-electron chi connectivity index (χ3n) is 4.07. The summed E-state index contributed by atoms with van der Waals surface area (Å²) in [5, 5.41) is 8.03. The molecular weight excluding hydrogens is 455 g/mol. The van der Waals surface area contributed by atoms with Gasteiger partial charge in [-0.15, -0.1) is 35.3 Å². The lowest BCUT2D eigenvalue weighted by atomic mass is 10.1. The lowest BCUT2D eigenvalue weighted by molar-refractivity contribution is 0.645. The number of aromatic nitrogens is 1. The summed E-state index contributed by atoms with van der Waals surface area (Å²) in [6.07, 6.45) is 2.83. The van der Waals surface area contributed by atoms with Gasteiger partial charge >= 0.3 is 0 Å². The fourth-order valence-corrected chi connectivity index (χ4v) is 3.88. The molecule has 0 amide bonds. The third-order valence-corrected chi connectivity index (χ3v) is 5.10. The largest absolute Gasteiger partial charge is 0.354 e. The highest BCUT2D eigenvalue weighted by Gasteiger charge is 2.09. The van der Waals surface area contributed by atoms with E-state index in [4.69, 9.17) is 0 Å². The van der Waals surface area contributed by atoms with Gasteiger partial charge in [0.1, 0.15) is 0 Å². The van der Waals surface area contributed by atoms with E-state index >= 15 is 0 Å². The van der Waals surface area contributed by atoms with Crippen molar-refractivity contribution in [2.45, 2.75) is 32.9 Å². The van der Waals surface area contributed by atoms with Gasteiger partial charge in [-0.2, -0.15) is 0 Å². The Morgan fingerprint density at radius 1 is 1.19 bits per heavy atom. The number of guanidine groups is 1. The highest BCUT2D eigenvalue weighted by Crippen LogP contribution is 2.17. The minimum Gasteiger partial charge on any atom is -0.354 e. The van der Waals surface area contributed by atoms with Crippen LogP contribution in [0.25, 0.3) is 10.9 Å². The zero-order chi connectivity index (χ0) is 17.6. The molecule has 0 aliphatic carbocycles. The molecule has 1 unspecified atom stereocenters. The van der Waals surface area contributed by atoms with Crippen LogP contribution >= 0.6 is 35.3 Å². The Balaban J connectivity index is 0.00000243. The molecule has 0 radical (unpaired) electrons. The molecule has 2 aromatic heterocycles. The predicted molar refractivity (Wildman–Crippen MR) is 123 cm³/mol. The molecule has 1 aromatic carbocycles. The first-order valence-electron chi connectivity index (χ1n) is 8.51. The Labute approximate surface area is 176 Å². The number of hydrogen-bond donors (Lipinski definition) is 2. The van der Waals surface area contributed by atoms with Gasteiger partial charge in [0.15, 0.2) is 5.96 Å². The molecule has 0 aliphatic rings. The van der Waals surface area contributed by atoms with Gasteiger partial charge < -0.3 is 10.6 Å². The second-order valence-corrected chi connectivity index (χ2v) is 7.55. The SMILES string of the molecule is CN=C(NCc1cccc2cccnc12)NC(C)Cc1ccc(C)s1.I. The molecule has 3 aromatic rings. The number of halogens is 1. The Kier molecular flexibility index (Phi) is 7.84. The standard InChI is InChI=1S/C20H24N4S.HI/c1-14(12-18-10-9-15(2)25-18)24-20(21-3)23-13-17-7-4-6-16-8-5-11-22-19(16)17;/h4-11,14H,12-13H2,1-3H3,(H2,21,23,24);1H. The van der Waals surface area contributed by atoms with Gasteiger partial charge in [0, 0.05) is 47.4 Å². The second kappa shape index (κ2) is 9.87. The van der Waals surface area contributed by atoms with E-state index in [2.05, 4.69) is 70.9 Å². The summed E-state index contributed by atoms with van der Waals surface area (Å²) in [5.41, 5.74) is 2.21.